The van der Waals surface area contributed by atoms with Gasteiger partial charge in [-0.15, -0.1) is 13.2 Å². The van der Waals surface area contributed by atoms with E-state index in [-0.39, 0.29) is 23.2 Å². The molecule has 1 aliphatic rings. The van der Waals surface area contributed by atoms with Gasteiger partial charge >= 0.3 is 12.3 Å². The second-order valence-electron chi connectivity index (χ2n) is 8.02. The smallest absolute Gasteiger partial charge is 0.477 e. The minimum atomic E-state index is -4.79. The van der Waals surface area contributed by atoms with Crippen LogP contribution in [0.2, 0.25) is 0 Å². The summed E-state index contributed by atoms with van der Waals surface area (Å²) in [5, 5.41) is 14.4. The van der Waals surface area contributed by atoms with Gasteiger partial charge in [-0.3, -0.25) is 4.68 Å². The summed E-state index contributed by atoms with van der Waals surface area (Å²) in [6.45, 7) is 0.514. The second kappa shape index (κ2) is 8.36. The second-order valence-corrected chi connectivity index (χ2v) is 8.02. The molecule has 0 spiro atoms. The summed E-state index contributed by atoms with van der Waals surface area (Å²) < 4.78 is 44.8. The van der Waals surface area contributed by atoms with Gasteiger partial charge in [0.25, 0.3) is 0 Å². The molecule has 174 valence electrons. The predicted octanol–water partition coefficient (Wildman–Crippen LogP) is 5.39. The van der Waals surface area contributed by atoms with Crippen molar-refractivity contribution < 1.29 is 27.8 Å². The maximum atomic E-state index is 12.5. The normalized spacial score (nSPS) is 13.7. The Morgan fingerprint density at radius 2 is 1.76 bits per heavy atom. The molecule has 34 heavy (non-hydrogen) atoms. The number of rotatable bonds is 7. The van der Waals surface area contributed by atoms with Crippen LogP contribution in [0.3, 0.4) is 0 Å². The molecule has 0 aliphatic heterocycles. The number of alkyl halides is 3. The molecule has 0 saturated heterocycles. The van der Waals surface area contributed by atoms with Crippen molar-refractivity contribution in [1.82, 2.24) is 19.3 Å². The zero-order chi connectivity index (χ0) is 23.9. The first kappa shape index (κ1) is 21.7. The lowest BCUT2D eigenvalue weighted by Gasteiger charge is -2.11. The Balaban J connectivity index is 1.53. The predicted molar refractivity (Wildman–Crippen MR) is 116 cm³/mol. The molecule has 0 amide bonds. The van der Waals surface area contributed by atoms with E-state index in [1.54, 1.807) is 21.6 Å². The lowest BCUT2D eigenvalue weighted by atomic mass is 10.2. The van der Waals surface area contributed by atoms with Crippen molar-refractivity contribution >= 4 is 5.97 Å². The van der Waals surface area contributed by atoms with Gasteiger partial charge in [0.2, 0.25) is 0 Å². The number of nitrogens with zero attached hydrogens (tertiary/aromatic N) is 4. The van der Waals surface area contributed by atoms with Crippen LogP contribution < -0.4 is 4.74 Å². The van der Waals surface area contributed by atoms with E-state index in [9.17, 15) is 23.1 Å². The summed E-state index contributed by atoms with van der Waals surface area (Å²) in [5.41, 5.74) is 2.38. The molecular formula is C24H19F3N4O3. The van der Waals surface area contributed by atoms with Gasteiger partial charge < -0.3 is 14.4 Å². The Kier molecular flexibility index (Phi) is 5.35. The largest absolute Gasteiger partial charge is 0.573 e. The molecule has 7 nitrogen and oxygen atoms in total. The topological polar surface area (TPSA) is 82.2 Å². The first-order chi connectivity index (χ1) is 16.3. The van der Waals surface area contributed by atoms with Crippen molar-refractivity contribution in [2.24, 2.45) is 0 Å². The number of halogens is 3. The van der Waals surface area contributed by atoms with Gasteiger partial charge in [-0.2, -0.15) is 5.10 Å². The third kappa shape index (κ3) is 4.52. The molecule has 10 heteroatoms. The molecule has 2 aromatic carbocycles. The highest BCUT2D eigenvalue weighted by atomic mass is 19.4. The lowest BCUT2D eigenvalue weighted by molar-refractivity contribution is -0.274. The van der Waals surface area contributed by atoms with E-state index in [1.807, 2.05) is 30.3 Å². The molecule has 5 rings (SSSR count). The van der Waals surface area contributed by atoms with E-state index in [0.717, 1.165) is 18.4 Å². The van der Waals surface area contributed by atoms with E-state index >= 15 is 0 Å². The number of carbonyl (C=O) groups is 1. The quantitative estimate of drug-likeness (QED) is 0.393. The maximum Gasteiger partial charge on any atom is 0.573 e. The summed E-state index contributed by atoms with van der Waals surface area (Å²) in [6, 6.07) is 14.9. The van der Waals surface area contributed by atoms with Gasteiger partial charge in [-0.1, -0.05) is 30.3 Å². The van der Waals surface area contributed by atoms with Crippen LogP contribution in [0.4, 0.5) is 13.2 Å². The van der Waals surface area contributed by atoms with Crippen LogP contribution in [0.25, 0.3) is 22.6 Å². The van der Waals surface area contributed by atoms with Crippen LogP contribution in [-0.4, -0.2) is 36.8 Å². The highest BCUT2D eigenvalue weighted by molar-refractivity contribution is 5.94. The fourth-order valence-corrected chi connectivity index (χ4v) is 3.88. The first-order valence-corrected chi connectivity index (χ1v) is 10.6. The number of carboxylic acid groups (broad SMARTS) is 1. The SMILES string of the molecule is O=C(O)c1c(-c2cnn(Cc3ccccc3)c2)nc(-c2ccc(OC(F)(F)F)cc2)n1C1CC1. The number of ether oxygens (including phenoxy) is 1. The van der Waals surface area contributed by atoms with Crippen LogP contribution in [0.5, 0.6) is 5.75 Å². The fourth-order valence-electron chi connectivity index (χ4n) is 3.88. The maximum absolute atomic E-state index is 12.5. The highest BCUT2D eigenvalue weighted by Gasteiger charge is 2.35. The van der Waals surface area contributed by atoms with Gasteiger partial charge in [-0.05, 0) is 42.7 Å². The summed E-state index contributed by atoms with van der Waals surface area (Å²) in [6.07, 6.45) is 0.108. The number of aromatic nitrogens is 4. The zero-order valence-corrected chi connectivity index (χ0v) is 17.7. The molecule has 0 unspecified atom stereocenters. The van der Waals surface area contributed by atoms with E-state index in [4.69, 9.17) is 0 Å². The van der Waals surface area contributed by atoms with Crippen LogP contribution in [-0.2, 0) is 6.54 Å². The third-order valence-corrected chi connectivity index (χ3v) is 5.47. The van der Waals surface area contributed by atoms with Crippen molar-refractivity contribution in [2.75, 3.05) is 0 Å². The van der Waals surface area contributed by atoms with Crippen LogP contribution >= 0.6 is 0 Å². The summed E-state index contributed by atoms with van der Waals surface area (Å²) in [5.74, 6) is -1.11. The number of hydrogen-bond donors (Lipinski definition) is 1. The average Bonchev–Trinajstić information content (AvgIpc) is 3.39. The zero-order valence-electron chi connectivity index (χ0n) is 17.7. The van der Waals surface area contributed by atoms with Crippen molar-refractivity contribution in [3.8, 4) is 28.4 Å². The van der Waals surface area contributed by atoms with Gasteiger partial charge in [0.1, 0.15) is 17.3 Å². The summed E-state index contributed by atoms with van der Waals surface area (Å²) in [4.78, 5) is 16.9. The Bertz CT molecular complexity index is 1320. The number of benzene rings is 2. The molecule has 2 aromatic heterocycles. The first-order valence-electron chi connectivity index (χ1n) is 10.6. The molecule has 4 aromatic rings. The number of carboxylic acids is 1. The summed E-state index contributed by atoms with van der Waals surface area (Å²) >= 11 is 0. The lowest BCUT2D eigenvalue weighted by Crippen LogP contribution is -2.17. The Morgan fingerprint density at radius 3 is 2.38 bits per heavy atom. The molecule has 1 aliphatic carbocycles. The van der Waals surface area contributed by atoms with E-state index in [0.29, 0.717) is 23.5 Å². The van der Waals surface area contributed by atoms with Crippen molar-refractivity contribution in [3.63, 3.8) is 0 Å². The Morgan fingerprint density at radius 1 is 1.06 bits per heavy atom. The molecule has 0 radical (unpaired) electrons. The van der Waals surface area contributed by atoms with Crippen molar-refractivity contribution in [2.45, 2.75) is 31.8 Å². The Labute approximate surface area is 192 Å². The standard InChI is InChI=1S/C24H19F3N4O3/c25-24(26,27)34-19-10-6-16(7-11-19)22-29-20(21(23(32)33)31(22)18-8-9-18)17-12-28-30(14-17)13-15-4-2-1-3-5-15/h1-7,10-12,14,18H,8-9,13H2,(H,32,33). The van der Waals surface area contributed by atoms with Gasteiger partial charge in [-0.25, -0.2) is 9.78 Å². The van der Waals surface area contributed by atoms with Crippen LogP contribution in [0, 0.1) is 0 Å². The minimum Gasteiger partial charge on any atom is -0.477 e. The molecule has 0 atom stereocenters. The molecule has 1 N–H and O–H groups in total. The van der Waals surface area contributed by atoms with E-state index in [1.165, 1.54) is 24.3 Å². The number of hydrogen-bond acceptors (Lipinski definition) is 4. The van der Waals surface area contributed by atoms with Crippen LogP contribution in [0.1, 0.15) is 34.9 Å². The summed E-state index contributed by atoms with van der Waals surface area (Å²) in [7, 11) is 0. The monoisotopic (exact) mass is 468 g/mol. The van der Waals surface area contributed by atoms with E-state index in [2.05, 4.69) is 14.8 Å². The van der Waals surface area contributed by atoms with E-state index < -0.39 is 12.3 Å². The van der Waals surface area contributed by atoms with Gasteiger partial charge in [0, 0.05) is 23.4 Å². The molecular weight excluding hydrogens is 449 g/mol. The van der Waals surface area contributed by atoms with Gasteiger partial charge in [0.15, 0.2) is 5.69 Å². The molecule has 1 saturated carbocycles. The van der Waals surface area contributed by atoms with Crippen molar-refractivity contribution in [1.29, 1.82) is 0 Å². The van der Waals surface area contributed by atoms with Gasteiger partial charge in [0.05, 0.1) is 12.7 Å². The minimum absolute atomic E-state index is 0.0344. The average molecular weight is 468 g/mol. The molecule has 2 heterocycles. The number of imidazole rings is 1. The third-order valence-electron chi connectivity index (χ3n) is 5.47. The number of aromatic carboxylic acids is 1. The van der Waals surface area contributed by atoms with Crippen molar-refractivity contribution in [3.05, 3.63) is 78.2 Å². The fraction of sp³-hybridized carbons (Fsp3) is 0.208. The molecule has 1 fully saturated rings. The molecule has 0 bridgehead atoms. The Hall–Kier alpha value is -4.08. The van der Waals surface area contributed by atoms with Crippen LogP contribution in [0.15, 0.2) is 67.0 Å². The highest BCUT2D eigenvalue weighted by Crippen LogP contribution is 2.42.